The molecule has 0 spiro atoms. The van der Waals surface area contributed by atoms with E-state index in [1.54, 1.807) is 30.3 Å². The van der Waals surface area contributed by atoms with Gasteiger partial charge in [-0.05, 0) is 54.8 Å². The fourth-order valence-corrected chi connectivity index (χ4v) is 3.36. The van der Waals surface area contributed by atoms with Crippen molar-refractivity contribution >= 4 is 21.6 Å². The molecular formula is C20H26N2O4S. The second kappa shape index (κ2) is 9.53. The number of anilines is 1. The predicted molar refractivity (Wildman–Crippen MR) is 107 cm³/mol. The Morgan fingerprint density at radius 3 is 2.44 bits per heavy atom. The van der Waals surface area contributed by atoms with Gasteiger partial charge < -0.3 is 10.1 Å². The SMILES string of the molecule is CCCNS(=O)(=O)c1ccc(NC(=O)c2cccc(OCC(C)C)c2)cc1. The summed E-state index contributed by atoms with van der Waals surface area (Å²) in [7, 11) is -3.52. The molecule has 0 atom stereocenters. The Morgan fingerprint density at radius 1 is 1.11 bits per heavy atom. The van der Waals surface area contributed by atoms with Gasteiger partial charge in [-0.1, -0.05) is 26.8 Å². The number of carbonyl (C=O) groups is 1. The molecule has 0 aliphatic carbocycles. The highest BCUT2D eigenvalue weighted by molar-refractivity contribution is 7.89. The third kappa shape index (κ3) is 6.37. The van der Waals surface area contributed by atoms with Crippen LogP contribution < -0.4 is 14.8 Å². The number of carbonyl (C=O) groups excluding carboxylic acids is 1. The van der Waals surface area contributed by atoms with Crippen LogP contribution in [0.5, 0.6) is 5.75 Å². The number of amides is 1. The van der Waals surface area contributed by atoms with Gasteiger partial charge in [0, 0.05) is 17.8 Å². The van der Waals surface area contributed by atoms with E-state index in [1.165, 1.54) is 12.1 Å². The number of hydrogen-bond acceptors (Lipinski definition) is 4. The van der Waals surface area contributed by atoms with Crippen LogP contribution in [0.4, 0.5) is 5.69 Å². The third-order valence-electron chi connectivity index (χ3n) is 3.64. The van der Waals surface area contributed by atoms with E-state index < -0.39 is 10.0 Å². The van der Waals surface area contributed by atoms with Crippen molar-refractivity contribution in [2.45, 2.75) is 32.1 Å². The van der Waals surface area contributed by atoms with Crippen LogP contribution in [0.1, 0.15) is 37.6 Å². The standard InChI is InChI=1S/C20H26N2O4S/c1-4-12-21-27(24,25)19-10-8-17(9-11-19)22-20(23)16-6-5-7-18(13-16)26-14-15(2)3/h5-11,13,15,21H,4,12,14H2,1-3H3,(H,22,23). The van der Waals surface area contributed by atoms with Crippen molar-refractivity contribution in [3.63, 3.8) is 0 Å². The van der Waals surface area contributed by atoms with Gasteiger partial charge in [-0.25, -0.2) is 13.1 Å². The van der Waals surface area contributed by atoms with Crippen molar-refractivity contribution < 1.29 is 17.9 Å². The van der Waals surface area contributed by atoms with E-state index in [-0.39, 0.29) is 10.8 Å². The van der Waals surface area contributed by atoms with Crippen LogP contribution in [-0.2, 0) is 10.0 Å². The summed E-state index contributed by atoms with van der Waals surface area (Å²) in [5.41, 5.74) is 0.987. The van der Waals surface area contributed by atoms with E-state index in [4.69, 9.17) is 4.74 Å². The summed E-state index contributed by atoms with van der Waals surface area (Å²) in [6.07, 6.45) is 0.716. The number of ether oxygens (including phenoxy) is 1. The first-order valence-corrected chi connectivity index (χ1v) is 10.4. The summed E-state index contributed by atoms with van der Waals surface area (Å²) in [5, 5.41) is 2.76. The Labute approximate surface area is 161 Å². The summed E-state index contributed by atoms with van der Waals surface area (Å²) in [4.78, 5) is 12.6. The van der Waals surface area contributed by atoms with Crippen molar-refractivity contribution in [2.75, 3.05) is 18.5 Å². The minimum Gasteiger partial charge on any atom is -0.493 e. The monoisotopic (exact) mass is 390 g/mol. The fraction of sp³-hybridized carbons (Fsp3) is 0.350. The largest absolute Gasteiger partial charge is 0.493 e. The van der Waals surface area contributed by atoms with Crippen LogP contribution in [-0.4, -0.2) is 27.5 Å². The topological polar surface area (TPSA) is 84.5 Å². The molecule has 0 aromatic heterocycles. The summed E-state index contributed by atoms with van der Waals surface area (Å²) in [6.45, 7) is 6.96. The van der Waals surface area contributed by atoms with E-state index >= 15 is 0 Å². The molecule has 0 unspecified atom stereocenters. The quantitative estimate of drug-likeness (QED) is 0.684. The van der Waals surface area contributed by atoms with Crippen molar-refractivity contribution in [3.05, 3.63) is 54.1 Å². The van der Waals surface area contributed by atoms with E-state index in [2.05, 4.69) is 23.9 Å². The van der Waals surface area contributed by atoms with E-state index in [1.807, 2.05) is 13.0 Å². The minimum atomic E-state index is -3.52. The number of benzene rings is 2. The molecule has 6 nitrogen and oxygen atoms in total. The molecular weight excluding hydrogens is 364 g/mol. The van der Waals surface area contributed by atoms with Gasteiger partial charge in [-0.2, -0.15) is 0 Å². The highest BCUT2D eigenvalue weighted by Crippen LogP contribution is 2.18. The van der Waals surface area contributed by atoms with E-state index in [9.17, 15) is 13.2 Å². The van der Waals surface area contributed by atoms with Gasteiger partial charge in [-0.15, -0.1) is 0 Å². The number of nitrogens with one attached hydrogen (secondary N) is 2. The Kier molecular flexibility index (Phi) is 7.38. The normalized spacial score (nSPS) is 11.4. The molecule has 2 aromatic rings. The second-order valence-corrected chi connectivity index (χ2v) is 8.38. The van der Waals surface area contributed by atoms with Crippen LogP contribution >= 0.6 is 0 Å². The molecule has 0 aliphatic heterocycles. The van der Waals surface area contributed by atoms with Crippen LogP contribution in [0.15, 0.2) is 53.4 Å². The molecule has 1 amide bonds. The van der Waals surface area contributed by atoms with Crippen molar-refractivity contribution in [1.82, 2.24) is 4.72 Å². The van der Waals surface area contributed by atoms with E-state index in [0.29, 0.717) is 42.5 Å². The summed E-state index contributed by atoms with van der Waals surface area (Å²) < 4.78 is 32.3. The maximum Gasteiger partial charge on any atom is 0.255 e. The van der Waals surface area contributed by atoms with Gasteiger partial charge in [0.1, 0.15) is 5.75 Å². The maximum absolute atomic E-state index is 12.4. The number of sulfonamides is 1. The molecule has 0 aliphatic rings. The van der Waals surface area contributed by atoms with Gasteiger partial charge in [-0.3, -0.25) is 4.79 Å². The van der Waals surface area contributed by atoms with Crippen molar-refractivity contribution in [3.8, 4) is 5.75 Å². The van der Waals surface area contributed by atoms with Crippen molar-refractivity contribution in [1.29, 1.82) is 0 Å². The lowest BCUT2D eigenvalue weighted by Gasteiger charge is -2.11. The Balaban J connectivity index is 2.05. The van der Waals surface area contributed by atoms with Gasteiger partial charge in [0.2, 0.25) is 10.0 Å². The lowest BCUT2D eigenvalue weighted by Crippen LogP contribution is -2.24. The molecule has 7 heteroatoms. The number of hydrogen-bond donors (Lipinski definition) is 2. The average Bonchev–Trinajstić information content (AvgIpc) is 2.65. The highest BCUT2D eigenvalue weighted by Gasteiger charge is 2.13. The van der Waals surface area contributed by atoms with Crippen LogP contribution in [0.3, 0.4) is 0 Å². The molecule has 0 bridgehead atoms. The Morgan fingerprint density at radius 2 is 1.81 bits per heavy atom. The molecule has 0 saturated heterocycles. The zero-order valence-electron chi connectivity index (χ0n) is 15.9. The first-order chi connectivity index (χ1) is 12.8. The molecule has 0 heterocycles. The van der Waals surface area contributed by atoms with E-state index in [0.717, 1.165) is 0 Å². The zero-order chi connectivity index (χ0) is 19.9. The third-order valence-corrected chi connectivity index (χ3v) is 5.12. The molecule has 27 heavy (non-hydrogen) atoms. The minimum absolute atomic E-state index is 0.165. The summed E-state index contributed by atoms with van der Waals surface area (Å²) >= 11 is 0. The van der Waals surface area contributed by atoms with Crippen molar-refractivity contribution in [2.24, 2.45) is 5.92 Å². The molecule has 0 saturated carbocycles. The van der Waals surface area contributed by atoms with Gasteiger partial charge in [0.15, 0.2) is 0 Å². The molecule has 0 radical (unpaired) electrons. The highest BCUT2D eigenvalue weighted by atomic mass is 32.2. The van der Waals surface area contributed by atoms with Gasteiger partial charge in [0.05, 0.1) is 11.5 Å². The van der Waals surface area contributed by atoms with Crippen LogP contribution in [0.2, 0.25) is 0 Å². The fourth-order valence-electron chi connectivity index (χ4n) is 2.23. The summed E-state index contributed by atoms with van der Waals surface area (Å²) in [5.74, 6) is 0.744. The zero-order valence-corrected chi connectivity index (χ0v) is 16.7. The van der Waals surface area contributed by atoms with Crippen LogP contribution in [0.25, 0.3) is 0 Å². The first-order valence-electron chi connectivity index (χ1n) is 8.95. The lowest BCUT2D eigenvalue weighted by atomic mass is 10.2. The first kappa shape index (κ1) is 20.9. The average molecular weight is 391 g/mol. The predicted octanol–water partition coefficient (Wildman–Crippen LogP) is 3.66. The molecule has 146 valence electrons. The van der Waals surface area contributed by atoms with Gasteiger partial charge in [0.25, 0.3) is 5.91 Å². The second-order valence-electron chi connectivity index (χ2n) is 6.61. The van der Waals surface area contributed by atoms with Crippen LogP contribution in [0, 0.1) is 5.92 Å². The smallest absolute Gasteiger partial charge is 0.255 e. The van der Waals surface area contributed by atoms with Gasteiger partial charge >= 0.3 is 0 Å². The Bertz CT molecular complexity index is 862. The molecule has 2 aromatic carbocycles. The maximum atomic E-state index is 12.4. The molecule has 0 fully saturated rings. The summed E-state index contributed by atoms with van der Waals surface area (Å²) in [6, 6.07) is 13.0. The molecule has 2 N–H and O–H groups in total. The molecule has 2 rings (SSSR count). The Hall–Kier alpha value is -2.38. The lowest BCUT2D eigenvalue weighted by molar-refractivity contribution is 0.102. The number of rotatable bonds is 9.